The standard InChI is InChI=1S/C12H27NO/c1-6-11(2)9-12(3,4)10-13-7-8-14-5/h11,13H,6-10H2,1-5H3. The molecule has 0 aromatic carbocycles. The van der Waals surface area contributed by atoms with E-state index >= 15 is 0 Å². The first-order valence-electron chi connectivity index (χ1n) is 5.71. The molecular formula is C12H27NO. The molecule has 0 radical (unpaired) electrons. The maximum atomic E-state index is 5.00. The van der Waals surface area contributed by atoms with Gasteiger partial charge in [-0.15, -0.1) is 0 Å². The average molecular weight is 201 g/mol. The highest BCUT2D eigenvalue weighted by Crippen LogP contribution is 2.25. The second kappa shape index (κ2) is 7.24. The Morgan fingerprint density at radius 2 is 2.00 bits per heavy atom. The minimum Gasteiger partial charge on any atom is -0.383 e. The molecule has 0 aromatic rings. The molecule has 0 saturated carbocycles. The molecule has 1 atom stereocenters. The van der Waals surface area contributed by atoms with E-state index in [0.717, 1.165) is 25.6 Å². The summed E-state index contributed by atoms with van der Waals surface area (Å²) in [6.45, 7) is 12.1. The molecule has 1 unspecified atom stereocenters. The van der Waals surface area contributed by atoms with Crippen molar-refractivity contribution in [3.8, 4) is 0 Å². The molecule has 0 aromatic heterocycles. The summed E-state index contributed by atoms with van der Waals surface area (Å²) in [6.07, 6.45) is 2.57. The van der Waals surface area contributed by atoms with Crippen LogP contribution in [0.2, 0.25) is 0 Å². The lowest BCUT2D eigenvalue weighted by Crippen LogP contribution is -2.32. The fourth-order valence-electron chi connectivity index (χ4n) is 1.76. The Bertz CT molecular complexity index is 134. The van der Waals surface area contributed by atoms with Crippen molar-refractivity contribution < 1.29 is 4.74 Å². The van der Waals surface area contributed by atoms with Crippen LogP contribution in [0.15, 0.2) is 0 Å². The molecule has 86 valence electrons. The van der Waals surface area contributed by atoms with Gasteiger partial charge >= 0.3 is 0 Å². The molecule has 0 spiro atoms. The summed E-state index contributed by atoms with van der Waals surface area (Å²) < 4.78 is 5.00. The van der Waals surface area contributed by atoms with E-state index in [2.05, 4.69) is 33.0 Å². The van der Waals surface area contributed by atoms with Crippen molar-refractivity contribution in [3.05, 3.63) is 0 Å². The molecule has 0 saturated heterocycles. The summed E-state index contributed by atoms with van der Waals surface area (Å²) in [5, 5.41) is 3.43. The Labute approximate surface area is 89.4 Å². The van der Waals surface area contributed by atoms with Gasteiger partial charge < -0.3 is 10.1 Å². The van der Waals surface area contributed by atoms with Crippen LogP contribution in [0.1, 0.15) is 40.5 Å². The zero-order valence-electron chi connectivity index (χ0n) is 10.5. The topological polar surface area (TPSA) is 21.3 Å². The van der Waals surface area contributed by atoms with Gasteiger partial charge in [0.05, 0.1) is 6.61 Å². The number of methoxy groups -OCH3 is 1. The molecule has 0 aliphatic heterocycles. The molecule has 0 fully saturated rings. The Balaban J connectivity index is 3.60. The number of hydrogen-bond donors (Lipinski definition) is 1. The van der Waals surface area contributed by atoms with Crippen molar-refractivity contribution in [2.45, 2.75) is 40.5 Å². The summed E-state index contributed by atoms with van der Waals surface area (Å²) in [5.74, 6) is 0.828. The third-order valence-electron chi connectivity index (χ3n) is 2.68. The van der Waals surface area contributed by atoms with Crippen LogP contribution in [0.4, 0.5) is 0 Å². The molecule has 0 amide bonds. The molecule has 0 rings (SSSR count). The van der Waals surface area contributed by atoms with E-state index in [9.17, 15) is 0 Å². The number of nitrogens with one attached hydrogen (secondary N) is 1. The summed E-state index contributed by atoms with van der Waals surface area (Å²) >= 11 is 0. The van der Waals surface area contributed by atoms with Crippen LogP contribution in [0, 0.1) is 11.3 Å². The number of hydrogen-bond acceptors (Lipinski definition) is 2. The molecule has 0 aliphatic rings. The quantitative estimate of drug-likeness (QED) is 0.610. The van der Waals surface area contributed by atoms with Crippen LogP contribution in [0.25, 0.3) is 0 Å². The number of rotatable bonds is 8. The molecule has 1 N–H and O–H groups in total. The lowest BCUT2D eigenvalue weighted by atomic mass is 9.82. The van der Waals surface area contributed by atoms with Crippen molar-refractivity contribution in [1.82, 2.24) is 5.32 Å². The van der Waals surface area contributed by atoms with E-state index in [4.69, 9.17) is 4.74 Å². The fourth-order valence-corrected chi connectivity index (χ4v) is 1.76. The Morgan fingerprint density at radius 1 is 1.36 bits per heavy atom. The third-order valence-corrected chi connectivity index (χ3v) is 2.68. The maximum Gasteiger partial charge on any atom is 0.0587 e. The highest BCUT2D eigenvalue weighted by molar-refractivity contribution is 4.73. The van der Waals surface area contributed by atoms with E-state index < -0.39 is 0 Å². The molecule has 0 bridgehead atoms. The van der Waals surface area contributed by atoms with E-state index in [1.54, 1.807) is 7.11 Å². The molecule has 0 aliphatic carbocycles. The Kier molecular flexibility index (Phi) is 7.20. The molecule has 14 heavy (non-hydrogen) atoms. The Hall–Kier alpha value is -0.0800. The SMILES string of the molecule is CCC(C)CC(C)(C)CNCCOC. The van der Waals surface area contributed by atoms with Crippen molar-refractivity contribution in [2.75, 3.05) is 26.8 Å². The first kappa shape index (κ1) is 13.9. The van der Waals surface area contributed by atoms with Gasteiger partial charge in [0.25, 0.3) is 0 Å². The summed E-state index contributed by atoms with van der Waals surface area (Å²) in [4.78, 5) is 0. The highest BCUT2D eigenvalue weighted by Gasteiger charge is 2.19. The predicted octanol–water partition coefficient (Wildman–Crippen LogP) is 2.68. The normalized spacial score (nSPS) is 14.4. The minimum atomic E-state index is 0.406. The maximum absolute atomic E-state index is 5.00. The van der Waals surface area contributed by atoms with E-state index in [-0.39, 0.29) is 0 Å². The summed E-state index contributed by atoms with van der Waals surface area (Å²) in [5.41, 5.74) is 0.406. The minimum absolute atomic E-state index is 0.406. The number of ether oxygens (including phenoxy) is 1. The zero-order valence-corrected chi connectivity index (χ0v) is 10.5. The summed E-state index contributed by atoms with van der Waals surface area (Å²) in [7, 11) is 1.74. The molecule has 0 heterocycles. The van der Waals surface area contributed by atoms with Gasteiger partial charge in [-0.1, -0.05) is 34.1 Å². The average Bonchev–Trinajstić information content (AvgIpc) is 2.12. The second-order valence-electron chi connectivity index (χ2n) is 5.05. The summed E-state index contributed by atoms with van der Waals surface area (Å²) in [6, 6.07) is 0. The predicted molar refractivity (Wildman–Crippen MR) is 62.6 cm³/mol. The van der Waals surface area contributed by atoms with Crippen LogP contribution in [0.3, 0.4) is 0 Å². The lowest BCUT2D eigenvalue weighted by Gasteiger charge is -2.28. The van der Waals surface area contributed by atoms with Crippen LogP contribution in [-0.4, -0.2) is 26.8 Å². The fraction of sp³-hybridized carbons (Fsp3) is 1.00. The first-order valence-corrected chi connectivity index (χ1v) is 5.71. The molecule has 2 heteroatoms. The lowest BCUT2D eigenvalue weighted by molar-refractivity contribution is 0.189. The molecular weight excluding hydrogens is 174 g/mol. The zero-order chi connectivity index (χ0) is 11.0. The van der Waals surface area contributed by atoms with Gasteiger partial charge in [0.2, 0.25) is 0 Å². The first-order chi connectivity index (χ1) is 6.52. The van der Waals surface area contributed by atoms with E-state index in [1.807, 2.05) is 0 Å². The van der Waals surface area contributed by atoms with Crippen molar-refractivity contribution in [3.63, 3.8) is 0 Å². The van der Waals surface area contributed by atoms with Crippen molar-refractivity contribution in [2.24, 2.45) is 11.3 Å². The largest absolute Gasteiger partial charge is 0.383 e. The van der Waals surface area contributed by atoms with Gasteiger partial charge in [0, 0.05) is 20.2 Å². The van der Waals surface area contributed by atoms with Crippen LogP contribution in [0.5, 0.6) is 0 Å². The van der Waals surface area contributed by atoms with Gasteiger partial charge in [0.1, 0.15) is 0 Å². The van der Waals surface area contributed by atoms with E-state index in [1.165, 1.54) is 12.8 Å². The Morgan fingerprint density at radius 3 is 2.50 bits per heavy atom. The van der Waals surface area contributed by atoms with Gasteiger partial charge in [-0.05, 0) is 17.8 Å². The second-order valence-corrected chi connectivity index (χ2v) is 5.05. The van der Waals surface area contributed by atoms with E-state index in [0.29, 0.717) is 5.41 Å². The van der Waals surface area contributed by atoms with Crippen molar-refractivity contribution in [1.29, 1.82) is 0 Å². The van der Waals surface area contributed by atoms with Crippen LogP contribution in [-0.2, 0) is 4.74 Å². The van der Waals surface area contributed by atoms with Crippen LogP contribution >= 0.6 is 0 Å². The smallest absolute Gasteiger partial charge is 0.0587 e. The van der Waals surface area contributed by atoms with Gasteiger partial charge in [-0.3, -0.25) is 0 Å². The third kappa shape index (κ3) is 7.34. The van der Waals surface area contributed by atoms with Crippen LogP contribution < -0.4 is 5.32 Å². The van der Waals surface area contributed by atoms with Crippen molar-refractivity contribution >= 4 is 0 Å². The molecule has 2 nitrogen and oxygen atoms in total. The van der Waals surface area contributed by atoms with Gasteiger partial charge in [-0.2, -0.15) is 0 Å². The van der Waals surface area contributed by atoms with Gasteiger partial charge in [-0.25, -0.2) is 0 Å². The van der Waals surface area contributed by atoms with Gasteiger partial charge in [0.15, 0.2) is 0 Å². The monoisotopic (exact) mass is 201 g/mol. The highest BCUT2D eigenvalue weighted by atomic mass is 16.5.